The molecular formula is C19H22N2O4. The molecule has 6 heteroatoms. The van der Waals surface area contributed by atoms with E-state index in [2.05, 4.69) is 10.6 Å². The van der Waals surface area contributed by atoms with Gasteiger partial charge in [0.15, 0.2) is 0 Å². The Balaban J connectivity index is 1.68. The molecule has 1 aromatic rings. The monoisotopic (exact) mass is 342 g/mol. The van der Waals surface area contributed by atoms with Gasteiger partial charge in [-0.3, -0.25) is 14.4 Å². The van der Waals surface area contributed by atoms with Crippen LogP contribution in [0.15, 0.2) is 36.4 Å². The third kappa shape index (κ3) is 3.43. The number of carbonyl (C=O) groups is 3. The predicted molar refractivity (Wildman–Crippen MR) is 93.0 cm³/mol. The fourth-order valence-electron chi connectivity index (χ4n) is 3.79. The van der Waals surface area contributed by atoms with Crippen molar-refractivity contribution in [2.45, 2.75) is 26.3 Å². The van der Waals surface area contributed by atoms with E-state index >= 15 is 0 Å². The van der Waals surface area contributed by atoms with Crippen LogP contribution < -0.4 is 10.6 Å². The Hall–Kier alpha value is -2.63. The van der Waals surface area contributed by atoms with Crippen LogP contribution in [0.2, 0.25) is 0 Å². The van der Waals surface area contributed by atoms with Crippen LogP contribution in [0.5, 0.6) is 0 Å². The van der Waals surface area contributed by atoms with Gasteiger partial charge in [-0.25, -0.2) is 0 Å². The Kier molecular flexibility index (Phi) is 4.61. The summed E-state index contributed by atoms with van der Waals surface area (Å²) in [6.07, 6.45) is 4.59. The van der Waals surface area contributed by atoms with Crippen LogP contribution >= 0.6 is 0 Å². The highest BCUT2D eigenvalue weighted by Crippen LogP contribution is 2.48. The van der Waals surface area contributed by atoms with E-state index in [1.165, 1.54) is 0 Å². The number of allylic oxidation sites excluding steroid dienone is 2. The second-order valence-electron chi connectivity index (χ2n) is 7.03. The topological polar surface area (TPSA) is 95.5 Å². The fourth-order valence-corrected chi connectivity index (χ4v) is 3.79. The van der Waals surface area contributed by atoms with E-state index in [0.717, 1.165) is 6.42 Å². The van der Waals surface area contributed by atoms with E-state index in [4.69, 9.17) is 0 Å². The molecule has 0 unspecified atom stereocenters. The summed E-state index contributed by atoms with van der Waals surface area (Å²) in [6.45, 7) is 3.77. The van der Waals surface area contributed by atoms with Gasteiger partial charge >= 0.3 is 5.97 Å². The van der Waals surface area contributed by atoms with Crippen LogP contribution in [0, 0.1) is 23.7 Å². The molecule has 3 N–H and O–H groups in total. The second-order valence-corrected chi connectivity index (χ2v) is 7.03. The third-order valence-electron chi connectivity index (χ3n) is 4.88. The smallest absolute Gasteiger partial charge is 0.307 e. The van der Waals surface area contributed by atoms with Crippen molar-refractivity contribution in [2.24, 2.45) is 23.7 Å². The van der Waals surface area contributed by atoms with E-state index in [1.54, 1.807) is 24.3 Å². The Morgan fingerprint density at radius 1 is 1.04 bits per heavy atom. The molecule has 0 saturated heterocycles. The molecule has 6 nitrogen and oxygen atoms in total. The van der Waals surface area contributed by atoms with Gasteiger partial charge in [-0.15, -0.1) is 0 Å². The molecule has 0 heterocycles. The first-order valence-electron chi connectivity index (χ1n) is 8.49. The fraction of sp³-hybridized carbons (Fsp3) is 0.421. The van der Waals surface area contributed by atoms with Gasteiger partial charge in [0.25, 0.3) is 5.91 Å². The van der Waals surface area contributed by atoms with Gasteiger partial charge in [0.1, 0.15) is 0 Å². The summed E-state index contributed by atoms with van der Waals surface area (Å²) in [5.74, 6) is -2.64. The minimum atomic E-state index is -0.919. The lowest BCUT2D eigenvalue weighted by Gasteiger charge is -2.23. The SMILES string of the molecule is CC(C)NC(=O)c1ccc(NC(=O)[C@H]2[C@@H](C(=O)O)[C@H]3C=C[C@H]2C3)cc1. The Morgan fingerprint density at radius 3 is 2.20 bits per heavy atom. The summed E-state index contributed by atoms with van der Waals surface area (Å²) in [5.41, 5.74) is 1.07. The number of hydrogen-bond acceptors (Lipinski definition) is 3. The molecule has 2 amide bonds. The molecule has 0 aliphatic heterocycles. The maximum Gasteiger partial charge on any atom is 0.307 e. The van der Waals surface area contributed by atoms with Crippen molar-refractivity contribution < 1.29 is 19.5 Å². The van der Waals surface area contributed by atoms with Crippen LogP contribution in [0.3, 0.4) is 0 Å². The minimum Gasteiger partial charge on any atom is -0.481 e. The molecule has 1 fully saturated rings. The van der Waals surface area contributed by atoms with Gasteiger partial charge in [0, 0.05) is 17.3 Å². The summed E-state index contributed by atoms with van der Waals surface area (Å²) in [5, 5.41) is 15.0. The third-order valence-corrected chi connectivity index (χ3v) is 4.88. The van der Waals surface area contributed by atoms with Crippen LogP contribution in [0.1, 0.15) is 30.6 Å². The lowest BCUT2D eigenvalue weighted by atomic mass is 9.82. The number of anilines is 1. The van der Waals surface area contributed by atoms with Crippen molar-refractivity contribution >= 4 is 23.5 Å². The maximum absolute atomic E-state index is 12.6. The summed E-state index contributed by atoms with van der Waals surface area (Å²) in [7, 11) is 0. The molecule has 1 saturated carbocycles. The van der Waals surface area contributed by atoms with Crippen molar-refractivity contribution in [3.05, 3.63) is 42.0 Å². The number of carboxylic acids is 1. The summed E-state index contributed by atoms with van der Waals surface area (Å²) in [6, 6.07) is 6.65. The number of fused-ring (bicyclic) bond motifs is 2. The number of aliphatic carboxylic acids is 1. The molecule has 2 bridgehead atoms. The average Bonchev–Trinajstić information content (AvgIpc) is 3.15. The van der Waals surface area contributed by atoms with Crippen molar-refractivity contribution in [1.82, 2.24) is 5.32 Å². The standard InChI is InChI=1S/C19H22N2O4/c1-10(2)20-17(22)11-5-7-14(8-6-11)21-18(23)15-12-3-4-13(9-12)16(15)19(24)25/h3-8,10,12-13,15-16H,9H2,1-2H3,(H,20,22)(H,21,23)(H,24,25)/t12-,13-,15+,16-/m0/s1. The Bertz CT molecular complexity index is 723. The molecule has 1 aromatic carbocycles. The molecule has 25 heavy (non-hydrogen) atoms. The lowest BCUT2D eigenvalue weighted by molar-refractivity contribution is -0.146. The van der Waals surface area contributed by atoms with Gasteiger partial charge < -0.3 is 15.7 Å². The van der Waals surface area contributed by atoms with Gasteiger partial charge in [-0.2, -0.15) is 0 Å². The number of carboxylic acid groups (broad SMARTS) is 1. The first kappa shape index (κ1) is 17.2. The number of amides is 2. The average molecular weight is 342 g/mol. The lowest BCUT2D eigenvalue weighted by Crippen LogP contribution is -2.36. The van der Waals surface area contributed by atoms with Crippen molar-refractivity contribution in [3.8, 4) is 0 Å². The zero-order chi connectivity index (χ0) is 18.1. The van der Waals surface area contributed by atoms with E-state index in [0.29, 0.717) is 11.3 Å². The maximum atomic E-state index is 12.6. The highest BCUT2D eigenvalue weighted by atomic mass is 16.4. The predicted octanol–water partition coefficient (Wildman–Crippen LogP) is 2.29. The van der Waals surface area contributed by atoms with Crippen LogP contribution in [-0.2, 0) is 9.59 Å². The number of nitrogens with one attached hydrogen (secondary N) is 2. The first-order chi connectivity index (χ1) is 11.9. The molecule has 2 aliphatic rings. The van der Waals surface area contributed by atoms with Gasteiger partial charge in [0.05, 0.1) is 11.8 Å². The summed E-state index contributed by atoms with van der Waals surface area (Å²) in [4.78, 5) is 36.0. The number of benzene rings is 1. The second kappa shape index (κ2) is 6.70. The van der Waals surface area contributed by atoms with Crippen LogP contribution in [0.25, 0.3) is 0 Å². The van der Waals surface area contributed by atoms with Crippen molar-refractivity contribution in [2.75, 3.05) is 5.32 Å². The summed E-state index contributed by atoms with van der Waals surface area (Å²) >= 11 is 0. The quantitative estimate of drug-likeness (QED) is 0.716. The zero-order valence-corrected chi connectivity index (χ0v) is 14.2. The minimum absolute atomic E-state index is 0.0119. The van der Waals surface area contributed by atoms with Gasteiger partial charge in [-0.05, 0) is 56.4 Å². The Labute approximate surface area is 146 Å². The molecule has 0 spiro atoms. The van der Waals surface area contributed by atoms with Crippen LogP contribution in [0.4, 0.5) is 5.69 Å². The highest BCUT2D eigenvalue weighted by molar-refractivity contribution is 5.98. The molecule has 2 aliphatic carbocycles. The molecule has 0 aromatic heterocycles. The number of rotatable bonds is 5. The zero-order valence-electron chi connectivity index (χ0n) is 14.2. The molecule has 0 radical (unpaired) electrons. The van der Waals surface area contributed by atoms with E-state index in [-0.39, 0.29) is 29.7 Å². The molecular weight excluding hydrogens is 320 g/mol. The van der Waals surface area contributed by atoms with Crippen molar-refractivity contribution in [1.29, 1.82) is 0 Å². The molecule has 132 valence electrons. The van der Waals surface area contributed by atoms with Gasteiger partial charge in [0.2, 0.25) is 5.91 Å². The largest absolute Gasteiger partial charge is 0.481 e. The van der Waals surface area contributed by atoms with Crippen molar-refractivity contribution in [3.63, 3.8) is 0 Å². The number of carbonyl (C=O) groups excluding carboxylic acids is 2. The highest BCUT2D eigenvalue weighted by Gasteiger charge is 2.51. The van der Waals surface area contributed by atoms with E-state index < -0.39 is 17.8 Å². The molecule has 3 rings (SSSR count). The van der Waals surface area contributed by atoms with Gasteiger partial charge in [-0.1, -0.05) is 12.2 Å². The Morgan fingerprint density at radius 2 is 1.64 bits per heavy atom. The van der Waals surface area contributed by atoms with E-state index in [9.17, 15) is 19.5 Å². The normalized spacial score (nSPS) is 26.7. The van der Waals surface area contributed by atoms with E-state index in [1.807, 2.05) is 26.0 Å². The summed E-state index contributed by atoms with van der Waals surface area (Å²) < 4.78 is 0. The van der Waals surface area contributed by atoms with Crippen LogP contribution in [-0.4, -0.2) is 28.9 Å². The molecule has 4 atom stereocenters. The number of hydrogen-bond donors (Lipinski definition) is 3. The first-order valence-corrected chi connectivity index (χ1v) is 8.49.